The highest BCUT2D eigenvalue weighted by molar-refractivity contribution is 6.08. The number of nitrogens with one attached hydrogen (secondary N) is 1. The molecule has 2 aromatic heterocycles. The lowest BCUT2D eigenvalue weighted by Crippen LogP contribution is -2.21. The Hall–Kier alpha value is -4.46. The van der Waals surface area contributed by atoms with E-state index in [4.69, 9.17) is 13.6 Å². The number of hydrogen-bond acceptors (Lipinski definition) is 7. The summed E-state index contributed by atoms with van der Waals surface area (Å²) in [6.45, 7) is -0.474. The second kappa shape index (κ2) is 8.35. The standard InChI is InChI=1S/C24H17N3O5/c28-20(25-24-27-26-23(32-24)16-7-2-1-3-8-16)14-31-21(29)12-17-13-30-19-11-10-15-6-4-5-9-18(15)22(17)19/h1-11,13H,12,14H2,(H,25,27,28). The third-order valence-corrected chi connectivity index (χ3v) is 4.93. The second-order valence-corrected chi connectivity index (χ2v) is 7.08. The Balaban J connectivity index is 1.21. The van der Waals surface area contributed by atoms with Crippen LogP contribution in [0.3, 0.4) is 0 Å². The van der Waals surface area contributed by atoms with Crippen LogP contribution >= 0.6 is 0 Å². The number of furan rings is 1. The molecule has 0 radical (unpaired) electrons. The highest BCUT2D eigenvalue weighted by atomic mass is 16.5. The number of rotatable bonds is 6. The number of anilines is 1. The zero-order valence-corrected chi connectivity index (χ0v) is 16.8. The van der Waals surface area contributed by atoms with Crippen LogP contribution in [0.2, 0.25) is 0 Å². The van der Waals surface area contributed by atoms with Gasteiger partial charge in [0.25, 0.3) is 5.91 Å². The molecule has 0 saturated heterocycles. The van der Waals surface area contributed by atoms with Gasteiger partial charge in [-0.15, -0.1) is 5.10 Å². The Morgan fingerprint density at radius 1 is 0.938 bits per heavy atom. The van der Waals surface area contributed by atoms with Crippen molar-refractivity contribution in [3.05, 3.63) is 78.6 Å². The zero-order valence-electron chi connectivity index (χ0n) is 16.8. The van der Waals surface area contributed by atoms with Crippen molar-refractivity contribution in [2.24, 2.45) is 0 Å². The molecule has 0 atom stereocenters. The predicted molar refractivity (Wildman–Crippen MR) is 117 cm³/mol. The van der Waals surface area contributed by atoms with Crippen molar-refractivity contribution in [3.63, 3.8) is 0 Å². The molecule has 0 fully saturated rings. The van der Waals surface area contributed by atoms with E-state index in [-0.39, 0.29) is 18.3 Å². The molecule has 0 saturated carbocycles. The SMILES string of the molecule is O=C(COC(=O)Cc1coc2ccc3ccccc3c12)Nc1nnc(-c2ccccc2)o1. The summed E-state index contributed by atoms with van der Waals surface area (Å²) >= 11 is 0. The van der Waals surface area contributed by atoms with Crippen LogP contribution in [0.5, 0.6) is 0 Å². The minimum Gasteiger partial charge on any atom is -0.464 e. The second-order valence-electron chi connectivity index (χ2n) is 7.08. The summed E-state index contributed by atoms with van der Waals surface area (Å²) in [5.41, 5.74) is 2.12. The number of hydrogen-bond donors (Lipinski definition) is 1. The Bertz CT molecular complexity index is 1420. The van der Waals surface area contributed by atoms with Gasteiger partial charge in [0.2, 0.25) is 5.89 Å². The number of aromatic nitrogens is 2. The molecule has 0 bridgehead atoms. The van der Waals surface area contributed by atoms with E-state index >= 15 is 0 Å². The van der Waals surface area contributed by atoms with Crippen LogP contribution in [0.25, 0.3) is 33.2 Å². The lowest BCUT2D eigenvalue weighted by Gasteiger charge is -2.04. The molecule has 0 aliphatic rings. The summed E-state index contributed by atoms with van der Waals surface area (Å²) in [7, 11) is 0. The van der Waals surface area contributed by atoms with Gasteiger partial charge in [0.1, 0.15) is 5.58 Å². The number of fused-ring (bicyclic) bond motifs is 3. The van der Waals surface area contributed by atoms with Crippen LogP contribution in [0, 0.1) is 0 Å². The lowest BCUT2D eigenvalue weighted by atomic mass is 10.0. The molecular weight excluding hydrogens is 410 g/mol. The molecule has 0 spiro atoms. The van der Waals surface area contributed by atoms with Crippen LogP contribution in [0.4, 0.5) is 6.01 Å². The molecule has 5 aromatic rings. The fourth-order valence-electron chi connectivity index (χ4n) is 3.48. The molecule has 32 heavy (non-hydrogen) atoms. The molecule has 5 rings (SSSR count). The number of carbonyl (C=O) groups excluding carboxylic acids is 2. The van der Waals surface area contributed by atoms with Gasteiger partial charge < -0.3 is 13.6 Å². The summed E-state index contributed by atoms with van der Waals surface area (Å²) in [6.07, 6.45) is 1.52. The molecule has 0 aliphatic heterocycles. The molecular formula is C24H17N3O5. The maximum atomic E-state index is 12.3. The molecule has 1 N–H and O–H groups in total. The van der Waals surface area contributed by atoms with Crippen LogP contribution in [0.15, 0.2) is 81.8 Å². The number of carbonyl (C=O) groups is 2. The fourth-order valence-corrected chi connectivity index (χ4v) is 3.48. The van der Waals surface area contributed by atoms with Gasteiger partial charge in [-0.25, -0.2) is 0 Å². The summed E-state index contributed by atoms with van der Waals surface area (Å²) in [4.78, 5) is 24.5. The molecule has 1 amide bonds. The van der Waals surface area contributed by atoms with Crippen LogP contribution in [0.1, 0.15) is 5.56 Å². The maximum Gasteiger partial charge on any atom is 0.322 e. The van der Waals surface area contributed by atoms with E-state index in [1.165, 1.54) is 0 Å². The number of nitrogens with zero attached hydrogens (tertiary/aromatic N) is 2. The molecule has 8 heteroatoms. The van der Waals surface area contributed by atoms with E-state index in [0.717, 1.165) is 21.7 Å². The van der Waals surface area contributed by atoms with Gasteiger partial charge in [-0.3, -0.25) is 14.9 Å². The average molecular weight is 427 g/mol. The molecule has 2 heterocycles. The Morgan fingerprint density at radius 3 is 2.62 bits per heavy atom. The quantitative estimate of drug-likeness (QED) is 0.401. The van der Waals surface area contributed by atoms with Gasteiger partial charge in [-0.2, -0.15) is 0 Å². The van der Waals surface area contributed by atoms with E-state index < -0.39 is 18.5 Å². The summed E-state index contributed by atoms with van der Waals surface area (Å²) in [5, 5.41) is 13.0. The van der Waals surface area contributed by atoms with Gasteiger partial charge in [-0.1, -0.05) is 53.6 Å². The predicted octanol–water partition coefficient (Wildman–Crippen LogP) is 4.36. The van der Waals surface area contributed by atoms with E-state index in [9.17, 15) is 9.59 Å². The largest absolute Gasteiger partial charge is 0.464 e. The van der Waals surface area contributed by atoms with Gasteiger partial charge >= 0.3 is 12.0 Å². The first-order valence-corrected chi connectivity index (χ1v) is 9.89. The minimum atomic E-state index is -0.580. The monoisotopic (exact) mass is 427 g/mol. The Kier molecular flexibility index (Phi) is 5.09. The number of ether oxygens (including phenoxy) is 1. The van der Waals surface area contributed by atoms with Crippen molar-refractivity contribution in [2.45, 2.75) is 6.42 Å². The summed E-state index contributed by atoms with van der Waals surface area (Å²) in [5.74, 6) is -0.854. The number of benzene rings is 3. The van der Waals surface area contributed by atoms with Crippen molar-refractivity contribution in [3.8, 4) is 11.5 Å². The smallest absolute Gasteiger partial charge is 0.322 e. The van der Waals surface area contributed by atoms with Crippen molar-refractivity contribution in [1.29, 1.82) is 0 Å². The van der Waals surface area contributed by atoms with Crippen LogP contribution in [-0.2, 0) is 20.7 Å². The minimum absolute atomic E-state index is 0.0208. The molecule has 8 nitrogen and oxygen atoms in total. The van der Waals surface area contributed by atoms with E-state index in [1.807, 2.05) is 66.7 Å². The van der Waals surface area contributed by atoms with Crippen molar-refractivity contribution in [2.75, 3.05) is 11.9 Å². The molecule has 158 valence electrons. The zero-order chi connectivity index (χ0) is 21.9. The van der Waals surface area contributed by atoms with Gasteiger partial charge in [0.15, 0.2) is 6.61 Å². The maximum absolute atomic E-state index is 12.3. The van der Waals surface area contributed by atoms with Gasteiger partial charge in [-0.05, 0) is 29.0 Å². The van der Waals surface area contributed by atoms with E-state index in [1.54, 1.807) is 6.26 Å². The average Bonchev–Trinajstić information content (AvgIpc) is 3.46. The molecule has 0 unspecified atom stereocenters. The van der Waals surface area contributed by atoms with Gasteiger partial charge in [0.05, 0.1) is 12.7 Å². The van der Waals surface area contributed by atoms with Crippen LogP contribution in [-0.4, -0.2) is 28.7 Å². The van der Waals surface area contributed by atoms with E-state index in [0.29, 0.717) is 11.1 Å². The first-order valence-electron chi connectivity index (χ1n) is 9.89. The first kappa shape index (κ1) is 19.5. The van der Waals surface area contributed by atoms with E-state index in [2.05, 4.69) is 15.5 Å². The highest BCUT2D eigenvalue weighted by Crippen LogP contribution is 2.30. The van der Waals surface area contributed by atoms with Crippen molar-refractivity contribution < 1.29 is 23.2 Å². The number of amides is 1. The molecule has 3 aromatic carbocycles. The third-order valence-electron chi connectivity index (χ3n) is 4.93. The van der Waals surface area contributed by atoms with Crippen LogP contribution < -0.4 is 5.32 Å². The first-order chi connectivity index (χ1) is 15.7. The lowest BCUT2D eigenvalue weighted by molar-refractivity contribution is -0.146. The number of esters is 1. The third kappa shape index (κ3) is 3.93. The Morgan fingerprint density at radius 2 is 1.75 bits per heavy atom. The fraction of sp³-hybridized carbons (Fsp3) is 0.0833. The summed E-state index contributed by atoms with van der Waals surface area (Å²) in [6, 6.07) is 20.8. The topological polar surface area (TPSA) is 107 Å². The van der Waals surface area contributed by atoms with Crippen molar-refractivity contribution in [1.82, 2.24) is 10.2 Å². The Labute approximate surface area is 181 Å². The molecule has 0 aliphatic carbocycles. The normalized spacial score (nSPS) is 11.0. The van der Waals surface area contributed by atoms with Crippen molar-refractivity contribution >= 4 is 39.6 Å². The van der Waals surface area contributed by atoms with Gasteiger partial charge in [0, 0.05) is 16.5 Å². The summed E-state index contributed by atoms with van der Waals surface area (Å²) < 4.78 is 16.1. The highest BCUT2D eigenvalue weighted by Gasteiger charge is 2.16.